The van der Waals surface area contributed by atoms with E-state index in [2.05, 4.69) is 20.5 Å². The molecule has 8 heteroatoms. The molecule has 0 radical (unpaired) electrons. The van der Waals surface area contributed by atoms with E-state index in [0.29, 0.717) is 28.7 Å². The van der Waals surface area contributed by atoms with Crippen LogP contribution >= 0.6 is 23.2 Å². The molecule has 3 aromatic rings. The molecule has 0 saturated heterocycles. The van der Waals surface area contributed by atoms with Gasteiger partial charge in [-0.3, -0.25) is 4.79 Å². The number of nitrogens with zero attached hydrogens (tertiary/aromatic N) is 3. The summed E-state index contributed by atoms with van der Waals surface area (Å²) in [6.45, 7) is 2.49. The van der Waals surface area contributed by atoms with Crippen LogP contribution in [0.4, 0.5) is 0 Å². The fourth-order valence-electron chi connectivity index (χ4n) is 3.33. The molecule has 0 spiro atoms. The Morgan fingerprint density at radius 3 is 2.88 bits per heavy atom. The maximum Gasteiger partial charge on any atom is 0.227 e. The molecule has 1 aromatic carbocycles. The van der Waals surface area contributed by atoms with E-state index in [-0.39, 0.29) is 11.8 Å². The lowest BCUT2D eigenvalue weighted by Gasteiger charge is -2.11. The summed E-state index contributed by atoms with van der Waals surface area (Å²) < 4.78 is 0. The smallest absolute Gasteiger partial charge is 0.227 e. The van der Waals surface area contributed by atoms with E-state index in [0.717, 1.165) is 27.7 Å². The molecule has 0 fully saturated rings. The van der Waals surface area contributed by atoms with Gasteiger partial charge in [0.15, 0.2) is 0 Å². The number of carbonyl (C=O) groups is 1. The molecule has 124 valence electrons. The summed E-state index contributed by atoms with van der Waals surface area (Å²) in [7, 11) is 1.76. The van der Waals surface area contributed by atoms with Gasteiger partial charge in [-0.15, -0.1) is 0 Å². The van der Waals surface area contributed by atoms with Crippen molar-refractivity contribution in [2.75, 3.05) is 6.54 Å². The maximum absolute atomic E-state index is 12.3. The van der Waals surface area contributed by atoms with Gasteiger partial charge in [-0.2, -0.15) is 15.0 Å². The van der Waals surface area contributed by atoms with Gasteiger partial charge in [-0.25, -0.2) is 0 Å². The van der Waals surface area contributed by atoms with Gasteiger partial charge in [-0.05, 0) is 18.6 Å². The van der Waals surface area contributed by atoms with Crippen LogP contribution in [0.15, 0.2) is 12.3 Å². The van der Waals surface area contributed by atoms with Gasteiger partial charge in [0.05, 0.1) is 27.7 Å². The van der Waals surface area contributed by atoms with Crippen LogP contribution in [0.1, 0.15) is 24.1 Å². The molecule has 1 aliphatic rings. The van der Waals surface area contributed by atoms with E-state index < -0.39 is 0 Å². The molecule has 4 rings (SSSR count). The lowest BCUT2D eigenvalue weighted by Crippen LogP contribution is -2.26. The first-order chi connectivity index (χ1) is 11.5. The van der Waals surface area contributed by atoms with Crippen molar-refractivity contribution in [1.82, 2.24) is 25.3 Å². The third-order valence-corrected chi connectivity index (χ3v) is 5.25. The van der Waals surface area contributed by atoms with E-state index in [9.17, 15) is 4.79 Å². The molecule has 1 atom stereocenters. The largest absolute Gasteiger partial charge is 0.357 e. The summed E-state index contributed by atoms with van der Waals surface area (Å²) >= 11 is 12.8. The molecule has 0 unspecified atom stereocenters. The molecule has 2 aromatic heterocycles. The first-order valence-corrected chi connectivity index (χ1v) is 8.39. The van der Waals surface area contributed by atoms with Crippen molar-refractivity contribution in [2.45, 2.75) is 19.3 Å². The van der Waals surface area contributed by atoms with Crippen molar-refractivity contribution in [2.24, 2.45) is 7.05 Å². The van der Waals surface area contributed by atoms with Crippen molar-refractivity contribution >= 4 is 40.0 Å². The number of fused-ring (bicyclic) bond motifs is 3. The first kappa shape index (κ1) is 15.5. The number of H-pyrrole nitrogens is 1. The second-order valence-electron chi connectivity index (χ2n) is 5.97. The number of carbonyl (C=O) groups excluding carboxylic acids is 1. The molecule has 0 bridgehead atoms. The summed E-state index contributed by atoms with van der Waals surface area (Å²) in [4.78, 5) is 17.2. The number of amides is 1. The summed E-state index contributed by atoms with van der Waals surface area (Å²) in [5, 5.41) is 13.3. The van der Waals surface area contributed by atoms with E-state index >= 15 is 0 Å². The van der Waals surface area contributed by atoms with Crippen molar-refractivity contribution in [3.8, 4) is 11.3 Å². The average molecular weight is 364 g/mol. The minimum absolute atomic E-state index is 0.00539. The lowest BCUT2D eigenvalue weighted by molar-refractivity contribution is -0.121. The molecular formula is C16H15Cl2N5O. The van der Waals surface area contributed by atoms with Gasteiger partial charge in [0, 0.05) is 36.7 Å². The van der Waals surface area contributed by atoms with E-state index in [1.807, 2.05) is 6.92 Å². The number of rotatable bonds is 1. The highest BCUT2D eigenvalue weighted by Gasteiger charge is 2.29. The van der Waals surface area contributed by atoms with E-state index in [1.165, 1.54) is 4.80 Å². The number of halogens is 2. The Bertz CT molecular complexity index is 975. The fraction of sp³-hybridized carbons (Fsp3) is 0.312. The van der Waals surface area contributed by atoms with Crippen LogP contribution in [0.2, 0.25) is 10.0 Å². The zero-order valence-corrected chi connectivity index (χ0v) is 14.7. The average Bonchev–Trinajstić information content (AvgIpc) is 3.11. The van der Waals surface area contributed by atoms with Crippen LogP contribution in [0, 0.1) is 0 Å². The number of hydrogen-bond donors (Lipinski definition) is 2. The molecule has 0 aliphatic carbocycles. The molecular weight excluding hydrogens is 349 g/mol. The van der Waals surface area contributed by atoms with Gasteiger partial charge in [0.2, 0.25) is 5.91 Å². The van der Waals surface area contributed by atoms with Crippen LogP contribution in [0.5, 0.6) is 0 Å². The van der Waals surface area contributed by atoms with Crippen molar-refractivity contribution in [1.29, 1.82) is 0 Å². The number of nitrogens with one attached hydrogen (secondary N) is 2. The van der Waals surface area contributed by atoms with E-state index in [4.69, 9.17) is 23.2 Å². The SMILES string of the molecule is C[C@H]1C(=O)NCCc2[nH]c3c(Cl)c(Cl)cc(-c4cnn(C)n4)c3c21. The molecule has 3 heterocycles. The fourth-order valence-corrected chi connectivity index (χ4v) is 3.73. The molecule has 6 nitrogen and oxygen atoms in total. The van der Waals surface area contributed by atoms with Gasteiger partial charge in [0.1, 0.15) is 5.69 Å². The summed E-state index contributed by atoms with van der Waals surface area (Å²) in [5.74, 6) is -0.283. The van der Waals surface area contributed by atoms with E-state index in [1.54, 1.807) is 19.3 Å². The quantitative estimate of drug-likeness (QED) is 0.697. The van der Waals surface area contributed by atoms with Crippen molar-refractivity contribution < 1.29 is 4.79 Å². The number of hydrogen-bond acceptors (Lipinski definition) is 3. The Labute approximate surface area is 148 Å². The second kappa shape index (κ2) is 5.50. The number of benzene rings is 1. The second-order valence-corrected chi connectivity index (χ2v) is 6.75. The standard InChI is InChI=1S/C16H15Cl2N5O/c1-7-12-10(3-4-19-16(7)24)21-15-13(12)8(5-9(17)14(15)18)11-6-20-23(2)22-11/h5-7,21H,3-4H2,1-2H3,(H,19,24)/t7-/m1/s1. The highest BCUT2D eigenvalue weighted by Crippen LogP contribution is 2.43. The highest BCUT2D eigenvalue weighted by molar-refractivity contribution is 6.45. The van der Waals surface area contributed by atoms with Crippen LogP contribution in [-0.2, 0) is 18.3 Å². The van der Waals surface area contributed by atoms with Gasteiger partial charge in [-0.1, -0.05) is 23.2 Å². The van der Waals surface area contributed by atoms with Crippen LogP contribution in [-0.4, -0.2) is 32.4 Å². The third kappa shape index (κ3) is 2.21. The van der Waals surface area contributed by atoms with Gasteiger partial charge >= 0.3 is 0 Å². The topological polar surface area (TPSA) is 75.6 Å². The van der Waals surface area contributed by atoms with Crippen molar-refractivity contribution in [3.05, 3.63) is 33.6 Å². The normalized spacial score (nSPS) is 17.7. The number of aromatic nitrogens is 4. The summed E-state index contributed by atoms with van der Waals surface area (Å²) in [5.41, 5.74) is 4.23. The predicted molar refractivity (Wildman–Crippen MR) is 93.4 cm³/mol. The summed E-state index contributed by atoms with van der Waals surface area (Å²) in [6, 6.07) is 1.79. The zero-order valence-electron chi connectivity index (χ0n) is 13.2. The van der Waals surface area contributed by atoms with Gasteiger partial charge < -0.3 is 10.3 Å². The zero-order chi connectivity index (χ0) is 17.0. The van der Waals surface area contributed by atoms with Crippen LogP contribution in [0.3, 0.4) is 0 Å². The van der Waals surface area contributed by atoms with Crippen LogP contribution in [0.25, 0.3) is 22.2 Å². The summed E-state index contributed by atoms with van der Waals surface area (Å²) in [6.07, 6.45) is 2.40. The van der Waals surface area contributed by atoms with Crippen molar-refractivity contribution in [3.63, 3.8) is 0 Å². The maximum atomic E-state index is 12.3. The Morgan fingerprint density at radius 2 is 2.17 bits per heavy atom. The third-order valence-electron chi connectivity index (χ3n) is 4.47. The highest BCUT2D eigenvalue weighted by atomic mass is 35.5. The minimum Gasteiger partial charge on any atom is -0.357 e. The monoisotopic (exact) mass is 363 g/mol. The Balaban J connectivity index is 2.11. The molecule has 2 N–H and O–H groups in total. The Hall–Kier alpha value is -2.05. The molecule has 0 saturated carbocycles. The number of aromatic amines is 1. The van der Waals surface area contributed by atoms with Crippen LogP contribution < -0.4 is 5.32 Å². The molecule has 1 aliphatic heterocycles. The Morgan fingerprint density at radius 1 is 1.38 bits per heavy atom. The molecule has 24 heavy (non-hydrogen) atoms. The Kier molecular flexibility index (Phi) is 3.54. The lowest BCUT2D eigenvalue weighted by atomic mass is 9.93. The number of aryl methyl sites for hydroxylation is 1. The first-order valence-electron chi connectivity index (χ1n) is 7.64. The predicted octanol–water partition coefficient (Wildman–Crippen LogP) is 3.05. The molecule has 1 amide bonds. The van der Waals surface area contributed by atoms with Gasteiger partial charge in [0.25, 0.3) is 0 Å². The minimum atomic E-state index is -0.288.